The van der Waals surface area contributed by atoms with Gasteiger partial charge < -0.3 is 10.6 Å². The minimum Gasteiger partial charge on any atom is -0.353 e. The van der Waals surface area contributed by atoms with Gasteiger partial charge in [-0.15, -0.1) is 12.4 Å². The molecule has 25 heavy (non-hydrogen) atoms. The third-order valence-corrected chi connectivity index (χ3v) is 5.18. The second-order valence-corrected chi connectivity index (χ2v) is 7.21. The number of hydrogen-bond donors (Lipinski definition) is 3. The highest BCUT2D eigenvalue weighted by atomic mass is 35.5. The summed E-state index contributed by atoms with van der Waals surface area (Å²) < 4.78 is 26.5. The van der Waals surface area contributed by atoms with Gasteiger partial charge in [-0.1, -0.05) is 6.42 Å². The van der Waals surface area contributed by atoms with E-state index in [-0.39, 0.29) is 48.0 Å². The predicted octanol–water partition coefficient (Wildman–Crippen LogP) is 0.553. The lowest BCUT2D eigenvalue weighted by atomic mass is 10.0. The van der Waals surface area contributed by atoms with Crippen LogP contribution in [0.15, 0.2) is 29.2 Å². The van der Waals surface area contributed by atoms with Crippen molar-refractivity contribution >= 4 is 34.0 Å². The van der Waals surface area contributed by atoms with Crippen LogP contribution in [0.5, 0.6) is 0 Å². The van der Waals surface area contributed by atoms with Gasteiger partial charge in [0.15, 0.2) is 0 Å². The van der Waals surface area contributed by atoms with Crippen LogP contribution in [0, 0.1) is 10.1 Å². The number of rotatable bonds is 7. The number of non-ortho nitro benzene ring substituents is 1. The van der Waals surface area contributed by atoms with Crippen LogP contribution in [0.25, 0.3) is 0 Å². The SMILES string of the molecule is Cl.O=C(NCCNS(=O)(=O)c1ccc([N+](=O)[O-])cc1)C1CCCCN1. The third kappa shape index (κ3) is 6.24. The molecule has 0 saturated carbocycles. The Morgan fingerprint density at radius 3 is 2.48 bits per heavy atom. The highest BCUT2D eigenvalue weighted by molar-refractivity contribution is 7.89. The molecule has 1 aliphatic heterocycles. The summed E-state index contributed by atoms with van der Waals surface area (Å²) in [6.07, 6.45) is 2.83. The standard InChI is InChI=1S/C14H20N4O5S.ClH/c19-14(13-3-1-2-8-15-13)16-9-10-17-24(22,23)12-6-4-11(5-7-12)18(20)21;/h4-7,13,15,17H,1-3,8-10H2,(H,16,19);1H. The lowest BCUT2D eigenvalue weighted by molar-refractivity contribution is -0.384. The number of halogens is 1. The van der Waals surface area contributed by atoms with Crippen LogP contribution in [-0.2, 0) is 14.8 Å². The van der Waals surface area contributed by atoms with Gasteiger partial charge in [0.2, 0.25) is 15.9 Å². The fourth-order valence-electron chi connectivity index (χ4n) is 2.40. The molecular weight excluding hydrogens is 372 g/mol. The molecule has 140 valence electrons. The molecule has 1 unspecified atom stereocenters. The first-order valence-electron chi connectivity index (χ1n) is 7.65. The number of nitro groups is 1. The highest BCUT2D eigenvalue weighted by Gasteiger charge is 2.20. The number of nitrogens with zero attached hydrogens (tertiary/aromatic N) is 1. The average molecular weight is 393 g/mol. The van der Waals surface area contributed by atoms with Gasteiger partial charge in [-0.2, -0.15) is 0 Å². The van der Waals surface area contributed by atoms with Crippen LogP contribution in [0.1, 0.15) is 19.3 Å². The molecule has 0 spiro atoms. The van der Waals surface area contributed by atoms with Crippen LogP contribution >= 0.6 is 12.4 Å². The highest BCUT2D eigenvalue weighted by Crippen LogP contribution is 2.15. The maximum absolute atomic E-state index is 12.1. The van der Waals surface area contributed by atoms with E-state index in [4.69, 9.17) is 0 Å². The van der Waals surface area contributed by atoms with Crippen LogP contribution in [0.4, 0.5) is 5.69 Å². The van der Waals surface area contributed by atoms with E-state index < -0.39 is 14.9 Å². The zero-order valence-corrected chi connectivity index (χ0v) is 15.1. The molecule has 0 aliphatic carbocycles. The zero-order chi connectivity index (χ0) is 17.6. The Kier molecular flexibility index (Phi) is 8.23. The van der Waals surface area contributed by atoms with Gasteiger partial charge in [-0.05, 0) is 31.5 Å². The van der Waals surface area contributed by atoms with Crippen LogP contribution in [-0.4, -0.2) is 44.9 Å². The van der Waals surface area contributed by atoms with Crippen molar-refractivity contribution in [3.05, 3.63) is 34.4 Å². The van der Waals surface area contributed by atoms with Gasteiger partial charge >= 0.3 is 0 Å². The van der Waals surface area contributed by atoms with E-state index in [1.165, 1.54) is 12.1 Å². The monoisotopic (exact) mass is 392 g/mol. The summed E-state index contributed by atoms with van der Waals surface area (Å²) in [5.74, 6) is -0.135. The Balaban J connectivity index is 0.00000312. The largest absolute Gasteiger partial charge is 0.353 e. The number of piperidine rings is 1. The molecule has 1 fully saturated rings. The summed E-state index contributed by atoms with van der Waals surface area (Å²) in [7, 11) is -3.77. The van der Waals surface area contributed by atoms with E-state index in [1.54, 1.807) is 0 Å². The molecule has 1 aliphatic rings. The molecule has 0 aromatic heterocycles. The molecule has 1 heterocycles. The van der Waals surface area contributed by atoms with Crippen molar-refractivity contribution in [2.75, 3.05) is 19.6 Å². The third-order valence-electron chi connectivity index (χ3n) is 3.70. The molecule has 1 saturated heterocycles. The maximum atomic E-state index is 12.1. The van der Waals surface area contributed by atoms with Gasteiger partial charge in [0.25, 0.3) is 5.69 Å². The lowest BCUT2D eigenvalue weighted by Gasteiger charge is -2.22. The molecule has 1 atom stereocenters. The number of sulfonamides is 1. The quantitative estimate of drug-likeness (QED) is 0.353. The van der Waals surface area contributed by atoms with Gasteiger partial charge in [-0.3, -0.25) is 14.9 Å². The molecular formula is C14H21ClN4O5S. The molecule has 3 N–H and O–H groups in total. The van der Waals surface area contributed by atoms with Crippen LogP contribution in [0.2, 0.25) is 0 Å². The first-order valence-corrected chi connectivity index (χ1v) is 9.14. The fourth-order valence-corrected chi connectivity index (χ4v) is 3.43. The van der Waals surface area contributed by atoms with Crippen molar-refractivity contribution in [2.24, 2.45) is 0 Å². The first kappa shape index (κ1) is 21.3. The Hall–Kier alpha value is -1.75. The Labute approximate surface area is 152 Å². The Bertz CT molecular complexity index is 690. The Morgan fingerprint density at radius 2 is 1.92 bits per heavy atom. The van der Waals surface area contributed by atoms with E-state index in [0.29, 0.717) is 0 Å². The van der Waals surface area contributed by atoms with Crippen LogP contribution < -0.4 is 15.4 Å². The smallest absolute Gasteiger partial charge is 0.269 e. The number of benzene rings is 1. The maximum Gasteiger partial charge on any atom is 0.269 e. The normalized spacial score (nSPS) is 17.4. The number of amides is 1. The van der Waals surface area contributed by atoms with Crippen molar-refractivity contribution < 1.29 is 18.1 Å². The summed E-state index contributed by atoms with van der Waals surface area (Å²) in [5, 5.41) is 16.4. The average Bonchev–Trinajstić information content (AvgIpc) is 2.59. The molecule has 1 amide bonds. The van der Waals surface area contributed by atoms with Crippen molar-refractivity contribution in [3.63, 3.8) is 0 Å². The van der Waals surface area contributed by atoms with Gasteiger partial charge in [0.1, 0.15) is 0 Å². The van der Waals surface area contributed by atoms with E-state index in [2.05, 4.69) is 15.4 Å². The van der Waals surface area contributed by atoms with Crippen molar-refractivity contribution in [3.8, 4) is 0 Å². The number of nitrogens with one attached hydrogen (secondary N) is 3. The second kappa shape index (κ2) is 9.66. The topological polar surface area (TPSA) is 130 Å². The summed E-state index contributed by atoms with van der Waals surface area (Å²) in [4.78, 5) is 21.8. The molecule has 1 aromatic carbocycles. The minimum absolute atomic E-state index is 0. The molecule has 11 heteroatoms. The number of carbonyl (C=O) groups excluding carboxylic acids is 1. The van der Waals surface area contributed by atoms with Crippen LogP contribution in [0.3, 0.4) is 0 Å². The summed E-state index contributed by atoms with van der Waals surface area (Å²) in [5.41, 5.74) is -0.179. The van der Waals surface area contributed by atoms with Gasteiger partial charge in [-0.25, -0.2) is 13.1 Å². The van der Waals surface area contributed by atoms with E-state index in [0.717, 1.165) is 37.9 Å². The fraction of sp³-hybridized carbons (Fsp3) is 0.500. The number of hydrogen-bond acceptors (Lipinski definition) is 6. The molecule has 0 bridgehead atoms. The number of nitro benzene ring substituents is 1. The minimum atomic E-state index is -3.77. The van der Waals surface area contributed by atoms with E-state index >= 15 is 0 Å². The summed E-state index contributed by atoms with van der Waals surface area (Å²) in [6.45, 7) is 1.02. The Morgan fingerprint density at radius 1 is 1.24 bits per heavy atom. The summed E-state index contributed by atoms with van der Waals surface area (Å²) in [6, 6.07) is 4.39. The lowest BCUT2D eigenvalue weighted by Crippen LogP contribution is -2.48. The predicted molar refractivity (Wildman–Crippen MR) is 94.2 cm³/mol. The molecule has 2 rings (SSSR count). The van der Waals surface area contributed by atoms with Crippen molar-refractivity contribution in [1.82, 2.24) is 15.4 Å². The summed E-state index contributed by atoms with van der Waals surface area (Å²) >= 11 is 0. The van der Waals surface area contributed by atoms with E-state index in [1.807, 2.05) is 0 Å². The zero-order valence-electron chi connectivity index (χ0n) is 13.4. The number of carbonyl (C=O) groups is 1. The van der Waals surface area contributed by atoms with Crippen molar-refractivity contribution in [2.45, 2.75) is 30.2 Å². The van der Waals surface area contributed by atoms with Crippen molar-refractivity contribution in [1.29, 1.82) is 0 Å². The van der Waals surface area contributed by atoms with Gasteiger partial charge in [0, 0.05) is 25.2 Å². The molecule has 1 aromatic rings. The van der Waals surface area contributed by atoms with Gasteiger partial charge in [0.05, 0.1) is 15.9 Å². The molecule has 0 radical (unpaired) electrons. The second-order valence-electron chi connectivity index (χ2n) is 5.44. The first-order chi connectivity index (χ1) is 11.4. The van der Waals surface area contributed by atoms with E-state index in [9.17, 15) is 23.3 Å². The molecule has 9 nitrogen and oxygen atoms in total.